The van der Waals surface area contributed by atoms with Gasteiger partial charge < -0.3 is 10.6 Å². The number of fused-ring (bicyclic) bond motifs is 1. The summed E-state index contributed by atoms with van der Waals surface area (Å²) in [6, 6.07) is 13.5. The summed E-state index contributed by atoms with van der Waals surface area (Å²) in [6.45, 7) is 1.92. The lowest BCUT2D eigenvalue weighted by Gasteiger charge is -2.10. The summed E-state index contributed by atoms with van der Waals surface area (Å²) in [7, 11) is 0. The minimum absolute atomic E-state index is 0.0119. The van der Waals surface area contributed by atoms with Crippen LogP contribution in [0.25, 0.3) is 22.3 Å². The van der Waals surface area contributed by atoms with Crippen molar-refractivity contribution in [2.45, 2.75) is 20.0 Å². The molecule has 0 radical (unpaired) electrons. The van der Waals surface area contributed by atoms with Gasteiger partial charge in [-0.15, -0.1) is 0 Å². The number of pyridine rings is 1. The molecular weight excluding hydrogens is 473 g/mol. The molecular formula is C23H19ClFN9O. The monoisotopic (exact) mass is 491 g/mol. The molecule has 2 aromatic carbocycles. The molecule has 5 rings (SSSR count). The molecule has 3 heterocycles. The number of nitrogens with zero attached hydrogens (tertiary/aromatic N) is 7. The molecule has 12 heteroatoms. The SMILES string of the molecule is Cc1nc(CNC(=O)NCc2ncnn2-c2ccc3ncccc3c2)n(-c2ccc(Cl)c(F)c2)n1. The largest absolute Gasteiger partial charge is 0.331 e. The Balaban J connectivity index is 1.24. The second kappa shape index (κ2) is 9.47. The molecule has 0 aliphatic heterocycles. The number of hydrogen-bond donors (Lipinski definition) is 2. The highest BCUT2D eigenvalue weighted by Gasteiger charge is 2.14. The third-order valence-corrected chi connectivity index (χ3v) is 5.50. The Morgan fingerprint density at radius 2 is 1.77 bits per heavy atom. The molecule has 0 spiro atoms. The topological polar surface area (TPSA) is 115 Å². The molecule has 5 aromatic rings. The zero-order valence-electron chi connectivity index (χ0n) is 18.5. The minimum atomic E-state index is -0.569. The lowest BCUT2D eigenvalue weighted by molar-refractivity contribution is 0.239. The maximum atomic E-state index is 13.9. The van der Waals surface area contributed by atoms with Gasteiger partial charge in [0.2, 0.25) is 0 Å². The van der Waals surface area contributed by atoms with Gasteiger partial charge in [0.1, 0.15) is 18.0 Å². The fourth-order valence-electron chi connectivity index (χ4n) is 3.57. The van der Waals surface area contributed by atoms with Crippen molar-refractivity contribution in [3.63, 3.8) is 0 Å². The fourth-order valence-corrected chi connectivity index (χ4v) is 3.69. The maximum absolute atomic E-state index is 13.9. The lowest BCUT2D eigenvalue weighted by Crippen LogP contribution is -2.36. The standard InChI is InChI=1S/C23H19ClFN9O/c1-14-31-22(34(32-14)17-4-6-18(24)19(25)10-17)12-28-23(35)27-11-21-29-13-30-33(21)16-5-7-20-15(9-16)3-2-8-26-20/h2-10,13H,11-12H2,1H3,(H2,27,28,35). The van der Waals surface area contributed by atoms with Gasteiger partial charge in [0.05, 0.1) is 35.0 Å². The van der Waals surface area contributed by atoms with Crippen LogP contribution in [0.15, 0.2) is 61.1 Å². The summed E-state index contributed by atoms with van der Waals surface area (Å²) in [6.07, 6.45) is 3.17. The van der Waals surface area contributed by atoms with Gasteiger partial charge in [-0.25, -0.2) is 28.5 Å². The Kier molecular flexibility index (Phi) is 6.06. The van der Waals surface area contributed by atoms with Crippen LogP contribution < -0.4 is 10.6 Å². The average molecular weight is 492 g/mol. The molecule has 35 heavy (non-hydrogen) atoms. The first-order valence-corrected chi connectivity index (χ1v) is 11.0. The number of hydrogen-bond acceptors (Lipinski definition) is 6. The molecule has 176 valence electrons. The molecule has 0 saturated carbocycles. The highest BCUT2D eigenvalue weighted by molar-refractivity contribution is 6.30. The van der Waals surface area contributed by atoms with Crippen molar-refractivity contribution in [2.24, 2.45) is 0 Å². The van der Waals surface area contributed by atoms with Crippen LogP contribution in [0.3, 0.4) is 0 Å². The van der Waals surface area contributed by atoms with Crippen molar-refractivity contribution in [1.82, 2.24) is 45.1 Å². The second-order valence-corrected chi connectivity index (χ2v) is 8.00. The van der Waals surface area contributed by atoms with Crippen LogP contribution in [-0.4, -0.2) is 40.5 Å². The van der Waals surface area contributed by atoms with E-state index in [1.807, 2.05) is 30.3 Å². The Hall–Kier alpha value is -4.38. The second-order valence-electron chi connectivity index (χ2n) is 7.59. The van der Waals surface area contributed by atoms with Crippen molar-refractivity contribution in [1.29, 1.82) is 0 Å². The summed E-state index contributed by atoms with van der Waals surface area (Å²) >= 11 is 5.77. The molecule has 2 amide bonds. The van der Waals surface area contributed by atoms with Gasteiger partial charge in [0.25, 0.3) is 0 Å². The maximum Gasteiger partial charge on any atom is 0.315 e. The van der Waals surface area contributed by atoms with Crippen molar-refractivity contribution < 1.29 is 9.18 Å². The predicted molar refractivity (Wildman–Crippen MR) is 127 cm³/mol. The van der Waals surface area contributed by atoms with Gasteiger partial charge in [-0.3, -0.25) is 4.98 Å². The summed E-state index contributed by atoms with van der Waals surface area (Å²) in [4.78, 5) is 25.4. The molecule has 10 nitrogen and oxygen atoms in total. The van der Waals surface area contributed by atoms with Crippen LogP contribution in [-0.2, 0) is 13.1 Å². The van der Waals surface area contributed by atoms with E-state index in [4.69, 9.17) is 11.6 Å². The van der Waals surface area contributed by atoms with Crippen LogP contribution in [0.5, 0.6) is 0 Å². The zero-order chi connectivity index (χ0) is 24.4. The van der Waals surface area contributed by atoms with E-state index in [0.717, 1.165) is 16.6 Å². The molecule has 0 unspecified atom stereocenters. The number of benzene rings is 2. The third kappa shape index (κ3) is 4.80. The van der Waals surface area contributed by atoms with E-state index < -0.39 is 11.8 Å². The molecule has 0 fully saturated rings. The summed E-state index contributed by atoms with van der Waals surface area (Å²) < 4.78 is 17.0. The van der Waals surface area contributed by atoms with Gasteiger partial charge in [0, 0.05) is 17.6 Å². The minimum Gasteiger partial charge on any atom is -0.331 e. The number of aryl methyl sites for hydroxylation is 1. The molecule has 3 aromatic heterocycles. The third-order valence-electron chi connectivity index (χ3n) is 5.19. The predicted octanol–water partition coefficient (Wildman–Crippen LogP) is 3.50. The zero-order valence-corrected chi connectivity index (χ0v) is 19.2. The van der Waals surface area contributed by atoms with Crippen molar-refractivity contribution >= 4 is 28.5 Å². The van der Waals surface area contributed by atoms with Crippen molar-refractivity contribution in [3.8, 4) is 11.4 Å². The first-order valence-electron chi connectivity index (χ1n) is 10.6. The summed E-state index contributed by atoms with van der Waals surface area (Å²) in [5, 5.41) is 15.0. The summed E-state index contributed by atoms with van der Waals surface area (Å²) in [5.41, 5.74) is 2.13. The highest BCUT2D eigenvalue weighted by Crippen LogP contribution is 2.19. The van der Waals surface area contributed by atoms with Crippen LogP contribution >= 0.6 is 11.6 Å². The molecule has 0 atom stereocenters. The normalized spacial score (nSPS) is 11.1. The van der Waals surface area contributed by atoms with Crippen LogP contribution in [0.4, 0.5) is 9.18 Å². The van der Waals surface area contributed by atoms with Gasteiger partial charge in [-0.2, -0.15) is 10.2 Å². The van der Waals surface area contributed by atoms with E-state index in [-0.39, 0.29) is 18.1 Å². The Labute approximate surface area is 203 Å². The Morgan fingerprint density at radius 3 is 2.60 bits per heavy atom. The van der Waals surface area contributed by atoms with Crippen molar-refractivity contribution in [2.75, 3.05) is 0 Å². The van der Waals surface area contributed by atoms with E-state index in [0.29, 0.717) is 23.2 Å². The fraction of sp³-hybridized carbons (Fsp3) is 0.130. The first kappa shape index (κ1) is 22.4. The van der Waals surface area contributed by atoms with E-state index in [9.17, 15) is 9.18 Å². The first-order chi connectivity index (χ1) is 17.0. The van der Waals surface area contributed by atoms with E-state index in [2.05, 4.69) is 35.8 Å². The number of halogens is 2. The van der Waals surface area contributed by atoms with Gasteiger partial charge in [-0.1, -0.05) is 17.7 Å². The number of aromatic nitrogens is 7. The van der Waals surface area contributed by atoms with Crippen LogP contribution in [0.1, 0.15) is 17.5 Å². The molecule has 0 bridgehead atoms. The number of amides is 2. The average Bonchev–Trinajstić information content (AvgIpc) is 3.49. The number of carbonyl (C=O) groups excluding carboxylic acids is 1. The Morgan fingerprint density at radius 1 is 1.00 bits per heavy atom. The van der Waals surface area contributed by atoms with E-state index in [1.165, 1.54) is 23.1 Å². The molecule has 2 N–H and O–H groups in total. The van der Waals surface area contributed by atoms with Crippen LogP contribution in [0, 0.1) is 12.7 Å². The molecule has 0 aliphatic carbocycles. The van der Waals surface area contributed by atoms with Gasteiger partial charge in [0.15, 0.2) is 11.6 Å². The molecule has 0 aliphatic rings. The number of rotatable bonds is 6. The highest BCUT2D eigenvalue weighted by atomic mass is 35.5. The quantitative estimate of drug-likeness (QED) is 0.375. The van der Waals surface area contributed by atoms with Gasteiger partial charge in [-0.05, 0) is 43.3 Å². The van der Waals surface area contributed by atoms with E-state index >= 15 is 0 Å². The van der Waals surface area contributed by atoms with Crippen LogP contribution in [0.2, 0.25) is 5.02 Å². The smallest absolute Gasteiger partial charge is 0.315 e. The lowest BCUT2D eigenvalue weighted by atomic mass is 10.2. The Bertz CT molecular complexity index is 1530. The number of nitrogens with one attached hydrogen (secondary N) is 2. The summed E-state index contributed by atoms with van der Waals surface area (Å²) in [5.74, 6) is 0.906. The van der Waals surface area contributed by atoms with E-state index in [1.54, 1.807) is 23.9 Å². The van der Waals surface area contributed by atoms with Crippen molar-refractivity contribution in [3.05, 3.63) is 89.4 Å². The number of carbonyl (C=O) groups is 1. The molecule has 0 saturated heterocycles. The van der Waals surface area contributed by atoms with Gasteiger partial charge >= 0.3 is 6.03 Å². The number of urea groups is 1.